The second kappa shape index (κ2) is 6.44. The molecule has 1 aliphatic heterocycles. The number of carbonyl (C=O) groups is 3. The van der Waals surface area contributed by atoms with E-state index in [1.54, 1.807) is 0 Å². The summed E-state index contributed by atoms with van der Waals surface area (Å²) in [6, 6.07) is -1.00. The quantitative estimate of drug-likeness (QED) is 0.706. The molecule has 0 saturated carbocycles. The summed E-state index contributed by atoms with van der Waals surface area (Å²) in [4.78, 5) is 35.8. The highest BCUT2D eigenvalue weighted by molar-refractivity contribution is 6.19. The van der Waals surface area contributed by atoms with Crippen LogP contribution in [0.15, 0.2) is 0 Å². The summed E-state index contributed by atoms with van der Waals surface area (Å²) < 4.78 is 0. The van der Waals surface area contributed by atoms with Crippen LogP contribution in [-0.4, -0.2) is 48.3 Å². The highest BCUT2D eigenvalue weighted by Gasteiger charge is 2.33. The molecule has 4 amide bonds. The minimum Gasteiger partial charge on any atom is -0.357 e. The lowest BCUT2D eigenvalue weighted by Gasteiger charge is -2.23. The lowest BCUT2D eigenvalue weighted by atomic mass is 10.2. The van der Waals surface area contributed by atoms with E-state index >= 15 is 0 Å². The number of carbonyl (C=O) groups excluding carboxylic acids is 3. The van der Waals surface area contributed by atoms with Gasteiger partial charge >= 0.3 is 6.03 Å². The molecule has 96 valence electrons. The van der Waals surface area contributed by atoms with Crippen molar-refractivity contribution in [2.24, 2.45) is 0 Å². The average Bonchev–Trinajstić information content (AvgIpc) is 2.77. The van der Waals surface area contributed by atoms with Gasteiger partial charge in [-0.15, -0.1) is 11.6 Å². The van der Waals surface area contributed by atoms with Gasteiger partial charge in [-0.25, -0.2) is 4.79 Å². The van der Waals surface area contributed by atoms with Crippen LogP contribution in [0.2, 0.25) is 0 Å². The Labute approximate surface area is 105 Å². The number of nitrogens with zero attached hydrogens (tertiary/aromatic N) is 1. The summed E-state index contributed by atoms with van der Waals surface area (Å²) in [7, 11) is 1.52. The SMILES string of the molecule is CNC(=O)C1CCCN1C(=O)NC(=O)CCCl. The summed E-state index contributed by atoms with van der Waals surface area (Å²) in [5.41, 5.74) is 0. The van der Waals surface area contributed by atoms with Crippen molar-refractivity contribution in [3.63, 3.8) is 0 Å². The minimum absolute atomic E-state index is 0.0891. The Balaban J connectivity index is 2.56. The normalized spacial score (nSPS) is 18.9. The van der Waals surface area contributed by atoms with Crippen LogP contribution in [0.3, 0.4) is 0 Å². The Bertz CT molecular complexity index is 322. The first-order chi connectivity index (χ1) is 8.10. The highest BCUT2D eigenvalue weighted by atomic mass is 35.5. The van der Waals surface area contributed by atoms with Gasteiger partial charge in [0.1, 0.15) is 6.04 Å². The number of likely N-dealkylation sites (tertiary alicyclic amines) is 1. The van der Waals surface area contributed by atoms with E-state index < -0.39 is 18.0 Å². The molecule has 1 rings (SSSR count). The molecule has 0 spiro atoms. The number of hydrogen-bond donors (Lipinski definition) is 2. The molecule has 1 heterocycles. The second-order valence-electron chi connectivity index (χ2n) is 3.76. The topological polar surface area (TPSA) is 78.5 Å². The second-order valence-corrected chi connectivity index (χ2v) is 4.14. The summed E-state index contributed by atoms with van der Waals surface area (Å²) >= 11 is 5.39. The average molecular weight is 262 g/mol. The van der Waals surface area contributed by atoms with Crippen LogP contribution in [0.1, 0.15) is 19.3 Å². The molecule has 7 heteroatoms. The number of urea groups is 1. The van der Waals surface area contributed by atoms with Crippen molar-refractivity contribution in [2.45, 2.75) is 25.3 Å². The number of rotatable bonds is 3. The molecular formula is C10H16ClN3O3. The Kier molecular flexibility index (Phi) is 5.21. The largest absolute Gasteiger partial charge is 0.357 e. The molecule has 1 fully saturated rings. The van der Waals surface area contributed by atoms with Crippen LogP contribution < -0.4 is 10.6 Å². The zero-order valence-electron chi connectivity index (χ0n) is 9.66. The molecule has 0 aromatic heterocycles. The molecule has 6 nitrogen and oxygen atoms in total. The maximum Gasteiger partial charge on any atom is 0.324 e. The van der Waals surface area contributed by atoms with E-state index in [2.05, 4.69) is 10.6 Å². The third kappa shape index (κ3) is 3.59. The number of likely N-dealkylation sites (N-methyl/N-ethyl adjacent to an activating group) is 1. The van der Waals surface area contributed by atoms with Crippen LogP contribution in [0.25, 0.3) is 0 Å². The van der Waals surface area contributed by atoms with Crippen molar-refractivity contribution in [3.8, 4) is 0 Å². The van der Waals surface area contributed by atoms with Crippen LogP contribution in [-0.2, 0) is 9.59 Å². The Morgan fingerprint density at radius 2 is 2.12 bits per heavy atom. The number of amides is 4. The number of alkyl halides is 1. The van der Waals surface area contributed by atoms with E-state index in [-0.39, 0.29) is 18.2 Å². The molecule has 0 aromatic rings. The van der Waals surface area contributed by atoms with Crippen molar-refractivity contribution < 1.29 is 14.4 Å². The first-order valence-electron chi connectivity index (χ1n) is 5.48. The number of halogens is 1. The van der Waals surface area contributed by atoms with E-state index in [0.29, 0.717) is 13.0 Å². The van der Waals surface area contributed by atoms with Crippen LogP contribution in [0.5, 0.6) is 0 Å². The summed E-state index contributed by atoms with van der Waals surface area (Å²) in [5, 5.41) is 4.72. The predicted octanol–water partition coefficient (Wildman–Crippen LogP) is 0.0619. The monoisotopic (exact) mass is 261 g/mol. The van der Waals surface area contributed by atoms with Crippen LogP contribution in [0.4, 0.5) is 4.79 Å². The first kappa shape index (κ1) is 13.8. The number of nitrogens with one attached hydrogen (secondary N) is 2. The Morgan fingerprint density at radius 1 is 1.41 bits per heavy atom. The molecule has 0 aliphatic carbocycles. The van der Waals surface area contributed by atoms with Crippen molar-refractivity contribution in [1.82, 2.24) is 15.5 Å². The van der Waals surface area contributed by atoms with Gasteiger partial charge in [0.15, 0.2) is 0 Å². The molecule has 17 heavy (non-hydrogen) atoms. The fourth-order valence-corrected chi connectivity index (χ4v) is 1.96. The fourth-order valence-electron chi connectivity index (χ4n) is 1.79. The van der Waals surface area contributed by atoms with Crippen molar-refractivity contribution in [1.29, 1.82) is 0 Å². The molecule has 1 unspecified atom stereocenters. The first-order valence-corrected chi connectivity index (χ1v) is 6.01. The Morgan fingerprint density at radius 3 is 2.71 bits per heavy atom. The van der Waals surface area contributed by atoms with Crippen molar-refractivity contribution in [3.05, 3.63) is 0 Å². The van der Waals surface area contributed by atoms with Crippen LogP contribution in [0, 0.1) is 0 Å². The molecule has 0 aromatic carbocycles. The lowest BCUT2D eigenvalue weighted by Crippen LogP contribution is -2.50. The summed E-state index contributed by atoms with van der Waals surface area (Å²) in [6.07, 6.45) is 1.47. The van der Waals surface area contributed by atoms with Gasteiger partial charge in [0.05, 0.1) is 0 Å². The van der Waals surface area contributed by atoms with E-state index in [0.717, 1.165) is 6.42 Å². The molecule has 0 bridgehead atoms. The maximum atomic E-state index is 11.7. The van der Waals surface area contributed by atoms with Crippen molar-refractivity contribution >= 4 is 29.4 Å². The fraction of sp³-hybridized carbons (Fsp3) is 0.700. The standard InChI is InChI=1S/C10H16ClN3O3/c1-12-9(16)7-3-2-6-14(7)10(17)13-8(15)4-5-11/h7H,2-6H2,1H3,(H,12,16)(H,13,15,17). The zero-order valence-corrected chi connectivity index (χ0v) is 10.4. The van der Waals surface area contributed by atoms with Crippen LogP contribution >= 0.6 is 11.6 Å². The molecule has 0 radical (unpaired) electrons. The van der Waals surface area contributed by atoms with Gasteiger partial charge in [-0.1, -0.05) is 0 Å². The molecule has 1 atom stereocenters. The van der Waals surface area contributed by atoms with Gasteiger partial charge in [0, 0.05) is 25.9 Å². The number of imide groups is 1. The lowest BCUT2D eigenvalue weighted by molar-refractivity contribution is -0.125. The van der Waals surface area contributed by atoms with Gasteiger partial charge in [0.2, 0.25) is 11.8 Å². The summed E-state index contributed by atoms with van der Waals surface area (Å²) in [5.74, 6) is -0.465. The van der Waals surface area contributed by atoms with Crippen molar-refractivity contribution in [2.75, 3.05) is 19.5 Å². The molecule has 1 saturated heterocycles. The van der Waals surface area contributed by atoms with Gasteiger partial charge in [-0.2, -0.15) is 0 Å². The molecule has 2 N–H and O–H groups in total. The molecule has 1 aliphatic rings. The predicted molar refractivity (Wildman–Crippen MR) is 62.7 cm³/mol. The van der Waals surface area contributed by atoms with E-state index in [9.17, 15) is 14.4 Å². The molecular weight excluding hydrogens is 246 g/mol. The van der Waals surface area contributed by atoms with E-state index in [1.165, 1.54) is 11.9 Å². The third-order valence-corrected chi connectivity index (χ3v) is 2.82. The Hall–Kier alpha value is -1.30. The van der Waals surface area contributed by atoms with E-state index in [4.69, 9.17) is 11.6 Å². The highest BCUT2D eigenvalue weighted by Crippen LogP contribution is 2.17. The zero-order chi connectivity index (χ0) is 12.8. The van der Waals surface area contributed by atoms with Gasteiger partial charge in [-0.3, -0.25) is 14.9 Å². The minimum atomic E-state index is -0.522. The van der Waals surface area contributed by atoms with Gasteiger partial charge in [0.25, 0.3) is 0 Å². The summed E-state index contributed by atoms with van der Waals surface area (Å²) in [6.45, 7) is 0.484. The van der Waals surface area contributed by atoms with Gasteiger partial charge < -0.3 is 10.2 Å². The van der Waals surface area contributed by atoms with Gasteiger partial charge in [-0.05, 0) is 12.8 Å². The van der Waals surface area contributed by atoms with E-state index in [1.807, 2.05) is 0 Å². The number of hydrogen-bond acceptors (Lipinski definition) is 3. The third-order valence-electron chi connectivity index (χ3n) is 2.63. The smallest absolute Gasteiger partial charge is 0.324 e. The maximum absolute atomic E-state index is 11.7.